The highest BCUT2D eigenvalue weighted by atomic mass is 35.5. The summed E-state index contributed by atoms with van der Waals surface area (Å²) in [6.45, 7) is 4.13. The number of amides is 1. The minimum Gasteiger partial charge on any atom is -0.339 e. The zero-order chi connectivity index (χ0) is 15.4. The molecule has 3 nitrogen and oxygen atoms in total. The molecule has 0 spiro atoms. The molecule has 0 fully saturated rings. The number of hydrogen-bond donors (Lipinski definition) is 0. The van der Waals surface area contributed by atoms with E-state index in [1.807, 2.05) is 36.7 Å². The molecule has 21 heavy (non-hydrogen) atoms. The highest BCUT2D eigenvalue weighted by Crippen LogP contribution is 2.25. The summed E-state index contributed by atoms with van der Waals surface area (Å²) in [4.78, 5) is 18.6. The van der Waals surface area contributed by atoms with Gasteiger partial charge in [-0.3, -0.25) is 4.79 Å². The second-order valence-electron chi connectivity index (χ2n) is 5.03. The van der Waals surface area contributed by atoms with Crippen LogP contribution in [0.1, 0.15) is 36.3 Å². The lowest BCUT2D eigenvalue weighted by atomic mass is 10.1. The van der Waals surface area contributed by atoms with E-state index in [9.17, 15) is 4.79 Å². The summed E-state index contributed by atoms with van der Waals surface area (Å²) < 4.78 is 0. The molecule has 0 aliphatic rings. The van der Waals surface area contributed by atoms with E-state index in [1.165, 1.54) is 0 Å². The number of carbonyl (C=O) groups is 1. The topological polar surface area (TPSA) is 33.2 Å². The van der Waals surface area contributed by atoms with Gasteiger partial charge in [-0.25, -0.2) is 4.98 Å². The standard InChI is InChI=1S/C16H19ClN2OS/c1-4-11(2)19(3)16(20)13-7-5-12(6-8-13)15-18-14(9-17)10-21-15/h5-8,10-11H,4,9H2,1-3H3. The number of alkyl halides is 1. The van der Waals surface area contributed by atoms with Gasteiger partial charge in [-0.2, -0.15) is 0 Å². The highest BCUT2D eigenvalue weighted by Gasteiger charge is 2.16. The zero-order valence-corrected chi connectivity index (χ0v) is 14.0. The largest absolute Gasteiger partial charge is 0.339 e. The maximum atomic E-state index is 12.3. The second kappa shape index (κ2) is 7.05. The monoisotopic (exact) mass is 322 g/mol. The van der Waals surface area contributed by atoms with Crippen molar-refractivity contribution in [2.24, 2.45) is 0 Å². The maximum absolute atomic E-state index is 12.3. The van der Waals surface area contributed by atoms with Gasteiger partial charge in [-0.1, -0.05) is 19.1 Å². The predicted molar refractivity (Wildman–Crippen MR) is 89.0 cm³/mol. The van der Waals surface area contributed by atoms with Crippen LogP contribution in [0.15, 0.2) is 29.6 Å². The number of nitrogens with zero attached hydrogens (tertiary/aromatic N) is 2. The van der Waals surface area contributed by atoms with Crippen LogP contribution in [-0.2, 0) is 5.88 Å². The molecule has 2 aromatic rings. The van der Waals surface area contributed by atoms with Crippen LogP contribution >= 0.6 is 22.9 Å². The molecule has 112 valence electrons. The Morgan fingerprint density at radius 2 is 2.05 bits per heavy atom. The molecule has 1 unspecified atom stereocenters. The third-order valence-electron chi connectivity index (χ3n) is 3.64. The highest BCUT2D eigenvalue weighted by molar-refractivity contribution is 7.13. The Bertz CT molecular complexity index is 609. The number of thiazole rings is 1. The molecule has 0 saturated carbocycles. The molecule has 0 bridgehead atoms. The van der Waals surface area contributed by atoms with Crippen molar-refractivity contribution in [2.75, 3.05) is 7.05 Å². The molecule has 1 atom stereocenters. The van der Waals surface area contributed by atoms with Crippen molar-refractivity contribution in [1.29, 1.82) is 0 Å². The predicted octanol–water partition coefficient (Wildman–Crippen LogP) is 4.42. The Balaban J connectivity index is 2.17. The van der Waals surface area contributed by atoms with Crippen molar-refractivity contribution in [3.8, 4) is 10.6 Å². The summed E-state index contributed by atoms with van der Waals surface area (Å²) in [6, 6.07) is 7.84. The number of benzene rings is 1. The van der Waals surface area contributed by atoms with Gasteiger partial charge < -0.3 is 4.90 Å². The van der Waals surface area contributed by atoms with E-state index in [0.29, 0.717) is 11.4 Å². The normalized spacial score (nSPS) is 12.2. The van der Waals surface area contributed by atoms with Crippen LogP contribution in [0.3, 0.4) is 0 Å². The lowest BCUT2D eigenvalue weighted by molar-refractivity contribution is 0.0740. The number of carbonyl (C=O) groups excluding carboxylic acids is 1. The molecule has 0 N–H and O–H groups in total. The number of halogens is 1. The van der Waals surface area contributed by atoms with Gasteiger partial charge in [-0.05, 0) is 25.5 Å². The molecule has 1 heterocycles. The number of rotatable bonds is 5. The Hall–Kier alpha value is -1.39. The van der Waals surface area contributed by atoms with Gasteiger partial charge in [0.1, 0.15) is 5.01 Å². The van der Waals surface area contributed by atoms with Crippen molar-refractivity contribution in [1.82, 2.24) is 9.88 Å². The van der Waals surface area contributed by atoms with Gasteiger partial charge in [0, 0.05) is 29.6 Å². The third-order valence-corrected chi connectivity index (χ3v) is 4.85. The molecule has 0 radical (unpaired) electrons. The average molecular weight is 323 g/mol. The summed E-state index contributed by atoms with van der Waals surface area (Å²) in [7, 11) is 1.85. The van der Waals surface area contributed by atoms with Crippen LogP contribution in [0.5, 0.6) is 0 Å². The molecular formula is C16H19ClN2OS. The molecule has 5 heteroatoms. The number of aromatic nitrogens is 1. The second-order valence-corrected chi connectivity index (χ2v) is 6.15. The fourth-order valence-corrected chi connectivity index (χ4v) is 2.99. The van der Waals surface area contributed by atoms with E-state index in [1.54, 1.807) is 16.2 Å². The molecule has 0 aliphatic heterocycles. The van der Waals surface area contributed by atoms with Gasteiger partial charge in [-0.15, -0.1) is 22.9 Å². The molecule has 1 aromatic heterocycles. The first kappa shape index (κ1) is 16.0. The molecule has 0 aliphatic carbocycles. The third kappa shape index (κ3) is 3.63. The van der Waals surface area contributed by atoms with E-state index >= 15 is 0 Å². The summed E-state index contributed by atoms with van der Waals surface area (Å²) in [6.07, 6.45) is 0.945. The molecule has 1 amide bonds. The van der Waals surface area contributed by atoms with Crippen LogP contribution in [0.2, 0.25) is 0 Å². The van der Waals surface area contributed by atoms with Gasteiger partial charge in [0.25, 0.3) is 5.91 Å². The van der Waals surface area contributed by atoms with Crippen molar-refractivity contribution >= 4 is 28.8 Å². The van der Waals surface area contributed by atoms with Crippen LogP contribution < -0.4 is 0 Å². The molecule has 1 aromatic carbocycles. The van der Waals surface area contributed by atoms with E-state index < -0.39 is 0 Å². The fourth-order valence-electron chi connectivity index (χ4n) is 1.93. The summed E-state index contributed by atoms with van der Waals surface area (Å²) in [5.74, 6) is 0.476. The summed E-state index contributed by atoms with van der Waals surface area (Å²) in [5.41, 5.74) is 2.60. The Labute approximate surface area is 134 Å². The van der Waals surface area contributed by atoms with Crippen molar-refractivity contribution in [3.63, 3.8) is 0 Å². The Morgan fingerprint density at radius 1 is 1.38 bits per heavy atom. The lowest BCUT2D eigenvalue weighted by Crippen LogP contribution is -2.34. The van der Waals surface area contributed by atoms with E-state index in [-0.39, 0.29) is 11.9 Å². The molecule has 0 saturated heterocycles. The van der Waals surface area contributed by atoms with Gasteiger partial charge in [0.05, 0.1) is 11.6 Å². The Kier molecular flexibility index (Phi) is 5.37. The maximum Gasteiger partial charge on any atom is 0.253 e. The van der Waals surface area contributed by atoms with Crippen LogP contribution in [0, 0.1) is 0 Å². The van der Waals surface area contributed by atoms with Crippen LogP contribution in [-0.4, -0.2) is 28.9 Å². The minimum atomic E-state index is 0.0523. The van der Waals surface area contributed by atoms with Crippen molar-refractivity contribution in [2.45, 2.75) is 32.2 Å². The lowest BCUT2D eigenvalue weighted by Gasteiger charge is -2.23. The van der Waals surface area contributed by atoms with E-state index in [2.05, 4.69) is 18.8 Å². The SMILES string of the molecule is CCC(C)N(C)C(=O)c1ccc(-c2nc(CCl)cs2)cc1. The zero-order valence-electron chi connectivity index (χ0n) is 12.5. The van der Waals surface area contributed by atoms with E-state index in [4.69, 9.17) is 11.6 Å². The smallest absolute Gasteiger partial charge is 0.253 e. The first-order valence-corrected chi connectivity index (χ1v) is 8.36. The summed E-state index contributed by atoms with van der Waals surface area (Å²) in [5, 5.41) is 2.89. The fraction of sp³-hybridized carbons (Fsp3) is 0.375. The van der Waals surface area contributed by atoms with E-state index in [0.717, 1.165) is 22.7 Å². The first-order chi connectivity index (χ1) is 10.1. The minimum absolute atomic E-state index is 0.0523. The van der Waals surface area contributed by atoms with Gasteiger partial charge in [0.2, 0.25) is 0 Å². The van der Waals surface area contributed by atoms with Crippen molar-refractivity contribution < 1.29 is 4.79 Å². The van der Waals surface area contributed by atoms with Gasteiger partial charge >= 0.3 is 0 Å². The molecule has 2 rings (SSSR count). The van der Waals surface area contributed by atoms with Crippen LogP contribution in [0.25, 0.3) is 10.6 Å². The first-order valence-electron chi connectivity index (χ1n) is 6.94. The Morgan fingerprint density at radius 3 is 2.57 bits per heavy atom. The quantitative estimate of drug-likeness (QED) is 0.763. The average Bonchev–Trinajstić information content (AvgIpc) is 3.02. The molecular weight excluding hydrogens is 304 g/mol. The van der Waals surface area contributed by atoms with Gasteiger partial charge in [0.15, 0.2) is 0 Å². The van der Waals surface area contributed by atoms with Crippen LogP contribution in [0.4, 0.5) is 0 Å². The summed E-state index contributed by atoms with van der Waals surface area (Å²) >= 11 is 7.33. The van der Waals surface area contributed by atoms with Crippen molar-refractivity contribution in [3.05, 3.63) is 40.9 Å². The number of hydrogen-bond acceptors (Lipinski definition) is 3.